The van der Waals surface area contributed by atoms with E-state index in [1.807, 2.05) is 0 Å². The minimum Gasteiger partial charge on any atom is -0.323 e. The summed E-state index contributed by atoms with van der Waals surface area (Å²) in [6, 6.07) is 4.67. The third-order valence-corrected chi connectivity index (χ3v) is 2.46. The second-order valence-electron chi connectivity index (χ2n) is 4.05. The molecular weight excluding hydrogens is 271 g/mol. The number of anilines is 1. The van der Waals surface area contributed by atoms with E-state index < -0.39 is 17.6 Å². The number of carbonyl (C=O) groups excluding carboxylic acids is 1. The highest BCUT2D eigenvalue weighted by molar-refractivity contribution is 5.91. The Bertz CT molecular complexity index is 599. The van der Waals surface area contributed by atoms with Crippen LogP contribution in [0.4, 0.5) is 18.9 Å². The van der Waals surface area contributed by atoms with Gasteiger partial charge in [-0.25, -0.2) is 9.97 Å². The Morgan fingerprint density at radius 1 is 1.20 bits per heavy atom. The van der Waals surface area contributed by atoms with Crippen molar-refractivity contribution in [3.63, 3.8) is 0 Å². The number of aromatic nitrogens is 2. The second kappa shape index (κ2) is 5.68. The molecule has 0 radical (unpaired) electrons. The summed E-state index contributed by atoms with van der Waals surface area (Å²) in [7, 11) is 0. The normalized spacial score (nSPS) is 11.2. The molecular formula is C13H10F3N3O. The Morgan fingerprint density at radius 2 is 1.90 bits per heavy atom. The van der Waals surface area contributed by atoms with Gasteiger partial charge in [0.25, 0.3) is 0 Å². The number of carbonyl (C=O) groups is 1. The molecule has 0 unspecified atom stereocenters. The third kappa shape index (κ3) is 3.78. The minimum absolute atomic E-state index is 0.154. The van der Waals surface area contributed by atoms with Gasteiger partial charge in [0.05, 0.1) is 30.1 Å². The first kappa shape index (κ1) is 14.0. The lowest BCUT2D eigenvalue weighted by Crippen LogP contribution is -2.15. The van der Waals surface area contributed by atoms with Gasteiger partial charge in [-0.3, -0.25) is 4.79 Å². The highest BCUT2D eigenvalue weighted by atomic mass is 19.4. The maximum absolute atomic E-state index is 12.5. The first-order valence-electron chi connectivity index (χ1n) is 5.66. The summed E-state index contributed by atoms with van der Waals surface area (Å²) in [4.78, 5) is 19.1. The van der Waals surface area contributed by atoms with Crippen LogP contribution in [0.5, 0.6) is 0 Å². The molecule has 2 rings (SSSR count). The molecule has 0 bridgehead atoms. The zero-order chi connectivity index (χ0) is 14.6. The highest BCUT2D eigenvalue weighted by Gasteiger charge is 2.30. The third-order valence-electron chi connectivity index (χ3n) is 2.46. The van der Waals surface area contributed by atoms with Crippen LogP contribution in [0.3, 0.4) is 0 Å². The number of rotatable bonds is 3. The molecule has 0 spiro atoms. The van der Waals surface area contributed by atoms with E-state index >= 15 is 0 Å². The average molecular weight is 281 g/mol. The lowest BCUT2D eigenvalue weighted by atomic mass is 10.1. The summed E-state index contributed by atoms with van der Waals surface area (Å²) in [6.45, 7) is 0. The number of alkyl halides is 3. The van der Waals surface area contributed by atoms with Gasteiger partial charge in [0, 0.05) is 0 Å². The van der Waals surface area contributed by atoms with Crippen LogP contribution in [0.15, 0.2) is 43.0 Å². The molecule has 0 aliphatic rings. The van der Waals surface area contributed by atoms with Crippen LogP contribution in [-0.2, 0) is 17.4 Å². The van der Waals surface area contributed by atoms with Crippen LogP contribution < -0.4 is 5.32 Å². The number of hydrogen-bond acceptors (Lipinski definition) is 3. The van der Waals surface area contributed by atoms with Crippen molar-refractivity contribution in [3.05, 3.63) is 54.1 Å². The van der Waals surface area contributed by atoms with E-state index in [2.05, 4.69) is 15.3 Å². The largest absolute Gasteiger partial charge is 0.416 e. The molecule has 0 saturated carbocycles. The van der Waals surface area contributed by atoms with E-state index in [0.29, 0.717) is 5.69 Å². The van der Waals surface area contributed by atoms with E-state index in [1.54, 1.807) is 0 Å². The van der Waals surface area contributed by atoms with Crippen LogP contribution in [0, 0.1) is 0 Å². The molecule has 20 heavy (non-hydrogen) atoms. The molecule has 0 aliphatic heterocycles. The van der Waals surface area contributed by atoms with E-state index in [9.17, 15) is 18.0 Å². The molecule has 1 N–H and O–H groups in total. The molecule has 0 saturated heterocycles. The predicted octanol–water partition coefficient (Wildman–Crippen LogP) is 2.68. The van der Waals surface area contributed by atoms with Gasteiger partial charge in [-0.1, -0.05) is 18.2 Å². The van der Waals surface area contributed by atoms with Gasteiger partial charge < -0.3 is 5.32 Å². The topological polar surface area (TPSA) is 54.9 Å². The Kier molecular flexibility index (Phi) is 3.97. The van der Waals surface area contributed by atoms with E-state index in [4.69, 9.17) is 0 Å². The van der Waals surface area contributed by atoms with Crippen LogP contribution in [0.1, 0.15) is 11.1 Å². The Hall–Kier alpha value is -2.44. The smallest absolute Gasteiger partial charge is 0.323 e. The van der Waals surface area contributed by atoms with E-state index in [-0.39, 0.29) is 12.0 Å². The van der Waals surface area contributed by atoms with Gasteiger partial charge in [-0.15, -0.1) is 0 Å². The minimum atomic E-state index is -4.42. The summed E-state index contributed by atoms with van der Waals surface area (Å²) in [5.74, 6) is -0.431. The lowest BCUT2D eigenvalue weighted by molar-refractivity contribution is -0.137. The standard InChI is InChI=1S/C13H10F3N3O/c14-13(15,16)10-3-1-2-9(4-10)5-12(20)19-11-6-17-8-18-7-11/h1-4,6-8H,5H2,(H,19,20). The molecule has 2 aromatic rings. The fraction of sp³-hybridized carbons (Fsp3) is 0.154. The van der Waals surface area contributed by atoms with Gasteiger partial charge in [0.2, 0.25) is 5.91 Å². The monoisotopic (exact) mass is 281 g/mol. The molecule has 0 aliphatic carbocycles. The van der Waals surface area contributed by atoms with Gasteiger partial charge in [-0.2, -0.15) is 13.2 Å². The van der Waals surface area contributed by atoms with Gasteiger partial charge in [0.15, 0.2) is 0 Å². The number of halogens is 3. The molecule has 4 nitrogen and oxygen atoms in total. The Labute approximate surface area is 112 Å². The van der Waals surface area contributed by atoms with Crippen LogP contribution in [-0.4, -0.2) is 15.9 Å². The Balaban J connectivity index is 2.05. The number of hydrogen-bond donors (Lipinski definition) is 1. The van der Waals surface area contributed by atoms with Crippen LogP contribution >= 0.6 is 0 Å². The molecule has 1 aromatic carbocycles. The van der Waals surface area contributed by atoms with Crippen molar-refractivity contribution in [3.8, 4) is 0 Å². The fourth-order valence-electron chi connectivity index (χ4n) is 1.61. The molecule has 1 heterocycles. The predicted molar refractivity (Wildman–Crippen MR) is 65.8 cm³/mol. The zero-order valence-electron chi connectivity index (χ0n) is 10.2. The van der Waals surface area contributed by atoms with Crippen molar-refractivity contribution in [1.82, 2.24) is 9.97 Å². The van der Waals surface area contributed by atoms with Crippen molar-refractivity contribution < 1.29 is 18.0 Å². The lowest BCUT2D eigenvalue weighted by Gasteiger charge is -2.09. The molecule has 0 fully saturated rings. The zero-order valence-corrected chi connectivity index (χ0v) is 10.2. The molecule has 104 valence electrons. The van der Waals surface area contributed by atoms with Crippen LogP contribution in [0.25, 0.3) is 0 Å². The van der Waals surface area contributed by atoms with E-state index in [0.717, 1.165) is 12.1 Å². The first-order chi connectivity index (χ1) is 9.45. The van der Waals surface area contributed by atoms with E-state index in [1.165, 1.54) is 30.9 Å². The molecule has 0 atom stereocenters. The maximum atomic E-state index is 12.5. The summed E-state index contributed by atoms with van der Waals surface area (Å²) in [5.41, 5.74) is -0.0931. The summed E-state index contributed by atoms with van der Waals surface area (Å²) < 4.78 is 37.6. The first-order valence-corrected chi connectivity index (χ1v) is 5.66. The number of nitrogens with one attached hydrogen (secondary N) is 1. The number of nitrogens with zero attached hydrogens (tertiary/aromatic N) is 2. The Morgan fingerprint density at radius 3 is 2.55 bits per heavy atom. The molecule has 1 aromatic heterocycles. The molecule has 1 amide bonds. The summed E-state index contributed by atoms with van der Waals surface area (Å²) >= 11 is 0. The van der Waals surface area contributed by atoms with Gasteiger partial charge in [-0.05, 0) is 11.6 Å². The fourth-order valence-corrected chi connectivity index (χ4v) is 1.61. The van der Waals surface area contributed by atoms with Crippen molar-refractivity contribution in [2.75, 3.05) is 5.32 Å². The summed E-state index contributed by atoms with van der Waals surface area (Å²) in [6.07, 6.45) is -0.463. The van der Waals surface area contributed by atoms with Crippen molar-refractivity contribution in [2.45, 2.75) is 12.6 Å². The number of benzene rings is 1. The maximum Gasteiger partial charge on any atom is 0.416 e. The average Bonchev–Trinajstić information content (AvgIpc) is 2.39. The molecule has 7 heteroatoms. The van der Waals surface area contributed by atoms with Gasteiger partial charge >= 0.3 is 6.18 Å². The highest BCUT2D eigenvalue weighted by Crippen LogP contribution is 2.29. The summed E-state index contributed by atoms with van der Waals surface area (Å²) in [5, 5.41) is 2.50. The van der Waals surface area contributed by atoms with Gasteiger partial charge in [0.1, 0.15) is 6.33 Å². The van der Waals surface area contributed by atoms with Crippen molar-refractivity contribution in [1.29, 1.82) is 0 Å². The quantitative estimate of drug-likeness (QED) is 0.941. The SMILES string of the molecule is O=C(Cc1cccc(C(F)(F)F)c1)Nc1cncnc1. The van der Waals surface area contributed by atoms with Crippen LogP contribution in [0.2, 0.25) is 0 Å². The van der Waals surface area contributed by atoms with Crippen molar-refractivity contribution in [2.24, 2.45) is 0 Å². The number of amides is 1. The van der Waals surface area contributed by atoms with Crippen molar-refractivity contribution >= 4 is 11.6 Å². The second-order valence-corrected chi connectivity index (χ2v) is 4.05.